The molecule has 2 atom stereocenters. The molecular weight excluding hydrogens is 342 g/mol. The van der Waals surface area contributed by atoms with E-state index in [2.05, 4.69) is 17.1 Å². The fraction of sp³-hybridized carbons (Fsp3) is 0.143. The second-order valence-electron chi connectivity index (χ2n) is 6.62. The van der Waals surface area contributed by atoms with E-state index in [1.54, 1.807) is 12.1 Å². The van der Waals surface area contributed by atoms with Crippen LogP contribution in [-0.4, -0.2) is 9.91 Å². The number of pyridine rings is 1. The standard InChI is InChI=1S/C21H15N3O3/c22-12-19-17(14-6-8-15(9-7-14)24(26)27)11-20(23-21(19)25)18-10-16(18)13-4-2-1-3-5-13/h1-9,11,16,18H,10H2,(H,23,25). The minimum Gasteiger partial charge on any atom is -0.325 e. The number of hydrogen-bond acceptors (Lipinski definition) is 4. The molecule has 1 aromatic heterocycles. The zero-order chi connectivity index (χ0) is 19.0. The molecule has 6 nitrogen and oxygen atoms in total. The lowest BCUT2D eigenvalue weighted by molar-refractivity contribution is -0.384. The van der Waals surface area contributed by atoms with Gasteiger partial charge >= 0.3 is 0 Å². The molecule has 4 rings (SSSR count). The Balaban J connectivity index is 1.73. The van der Waals surface area contributed by atoms with Crippen molar-refractivity contribution in [3.8, 4) is 17.2 Å². The smallest absolute Gasteiger partial charge is 0.269 e. The van der Waals surface area contributed by atoms with Crippen LogP contribution in [0.3, 0.4) is 0 Å². The van der Waals surface area contributed by atoms with Gasteiger partial charge in [0.05, 0.1) is 4.92 Å². The van der Waals surface area contributed by atoms with E-state index in [1.165, 1.54) is 17.7 Å². The molecule has 1 fully saturated rings. The van der Waals surface area contributed by atoms with Crippen molar-refractivity contribution in [2.45, 2.75) is 18.3 Å². The number of nitrogens with one attached hydrogen (secondary N) is 1. The van der Waals surface area contributed by atoms with Crippen LogP contribution in [0.4, 0.5) is 5.69 Å². The molecule has 0 bridgehead atoms. The monoisotopic (exact) mass is 357 g/mol. The molecule has 2 aromatic carbocycles. The van der Waals surface area contributed by atoms with E-state index < -0.39 is 10.5 Å². The molecule has 1 aliphatic carbocycles. The minimum absolute atomic E-state index is 0.0181. The summed E-state index contributed by atoms with van der Waals surface area (Å²) in [4.78, 5) is 25.6. The second kappa shape index (κ2) is 6.54. The van der Waals surface area contributed by atoms with Gasteiger partial charge in [0.25, 0.3) is 11.2 Å². The first kappa shape index (κ1) is 16.7. The average Bonchev–Trinajstić information content (AvgIpc) is 3.49. The number of nitrogens with zero attached hydrogens (tertiary/aromatic N) is 2. The lowest BCUT2D eigenvalue weighted by Gasteiger charge is -2.08. The lowest BCUT2D eigenvalue weighted by atomic mass is 9.99. The Hall–Kier alpha value is -3.72. The molecule has 132 valence electrons. The molecule has 1 saturated carbocycles. The Morgan fingerprint density at radius 1 is 1.07 bits per heavy atom. The Morgan fingerprint density at radius 3 is 2.41 bits per heavy atom. The van der Waals surface area contributed by atoms with Crippen LogP contribution in [-0.2, 0) is 0 Å². The number of nitriles is 1. The summed E-state index contributed by atoms with van der Waals surface area (Å²) in [5, 5.41) is 20.2. The first-order valence-electron chi connectivity index (χ1n) is 8.55. The van der Waals surface area contributed by atoms with Gasteiger partial charge in [-0.05, 0) is 41.7 Å². The predicted octanol–water partition coefficient (Wildman–Crippen LogP) is 4.09. The first-order valence-corrected chi connectivity index (χ1v) is 8.55. The first-order chi connectivity index (χ1) is 13.1. The normalized spacial score (nSPS) is 17.9. The van der Waals surface area contributed by atoms with Crippen molar-refractivity contribution < 1.29 is 4.92 Å². The number of benzene rings is 2. The van der Waals surface area contributed by atoms with Gasteiger partial charge in [0.2, 0.25) is 0 Å². The topological polar surface area (TPSA) is 99.8 Å². The zero-order valence-corrected chi connectivity index (χ0v) is 14.3. The second-order valence-corrected chi connectivity index (χ2v) is 6.62. The summed E-state index contributed by atoms with van der Waals surface area (Å²) < 4.78 is 0. The van der Waals surface area contributed by atoms with Gasteiger partial charge in [0.1, 0.15) is 11.6 Å². The predicted molar refractivity (Wildman–Crippen MR) is 100 cm³/mol. The fourth-order valence-corrected chi connectivity index (χ4v) is 3.49. The fourth-order valence-electron chi connectivity index (χ4n) is 3.49. The summed E-state index contributed by atoms with van der Waals surface area (Å²) in [5.74, 6) is 0.545. The number of H-pyrrole nitrogens is 1. The Bertz CT molecular complexity index is 1110. The van der Waals surface area contributed by atoms with E-state index in [0.717, 1.165) is 12.1 Å². The molecule has 1 aliphatic rings. The van der Waals surface area contributed by atoms with Crippen LogP contribution in [0.5, 0.6) is 0 Å². The molecule has 3 aromatic rings. The molecule has 0 spiro atoms. The highest BCUT2D eigenvalue weighted by Gasteiger charge is 2.40. The van der Waals surface area contributed by atoms with Crippen molar-refractivity contribution in [2.24, 2.45) is 0 Å². The summed E-state index contributed by atoms with van der Waals surface area (Å²) in [6.45, 7) is 0. The largest absolute Gasteiger partial charge is 0.325 e. The van der Waals surface area contributed by atoms with E-state index in [1.807, 2.05) is 30.3 Å². The molecule has 0 amide bonds. The summed E-state index contributed by atoms with van der Waals surface area (Å²) in [7, 11) is 0. The van der Waals surface area contributed by atoms with Crippen molar-refractivity contribution in [3.05, 3.63) is 98.0 Å². The molecule has 1 heterocycles. The number of aromatic amines is 1. The van der Waals surface area contributed by atoms with Gasteiger partial charge in [0.15, 0.2) is 0 Å². The third-order valence-electron chi connectivity index (χ3n) is 4.97. The number of nitro benzene ring substituents is 1. The van der Waals surface area contributed by atoms with Crippen molar-refractivity contribution in [2.75, 3.05) is 0 Å². The van der Waals surface area contributed by atoms with Crippen LogP contribution in [0.25, 0.3) is 11.1 Å². The molecule has 6 heteroatoms. The third kappa shape index (κ3) is 3.11. The Labute approximate surface area is 154 Å². The number of rotatable bonds is 4. The SMILES string of the molecule is N#Cc1c(-c2ccc([N+](=O)[O-])cc2)cc(C2CC2c2ccccc2)[nH]c1=O. The molecular formula is C21H15N3O3. The highest BCUT2D eigenvalue weighted by Crippen LogP contribution is 2.54. The van der Waals surface area contributed by atoms with Gasteiger partial charge in [-0.1, -0.05) is 30.3 Å². The number of nitro groups is 1. The molecule has 0 saturated heterocycles. The molecule has 0 radical (unpaired) electrons. The summed E-state index contributed by atoms with van der Waals surface area (Å²) in [5.41, 5.74) is 2.69. The van der Waals surface area contributed by atoms with Gasteiger partial charge in [-0.25, -0.2) is 0 Å². The van der Waals surface area contributed by atoms with E-state index in [4.69, 9.17) is 0 Å². The summed E-state index contributed by atoms with van der Waals surface area (Å²) in [6.07, 6.45) is 0.936. The van der Waals surface area contributed by atoms with Crippen LogP contribution >= 0.6 is 0 Å². The van der Waals surface area contributed by atoms with Crippen LogP contribution in [0, 0.1) is 21.4 Å². The van der Waals surface area contributed by atoms with E-state index in [0.29, 0.717) is 17.0 Å². The molecule has 2 unspecified atom stereocenters. The highest BCUT2D eigenvalue weighted by molar-refractivity contribution is 5.71. The summed E-state index contributed by atoms with van der Waals surface area (Å²) in [6, 6.07) is 19.8. The highest BCUT2D eigenvalue weighted by atomic mass is 16.6. The van der Waals surface area contributed by atoms with Crippen molar-refractivity contribution in [1.82, 2.24) is 4.98 Å². The minimum atomic E-state index is -0.479. The molecule has 0 aliphatic heterocycles. The average molecular weight is 357 g/mol. The maximum Gasteiger partial charge on any atom is 0.269 e. The number of non-ortho nitro benzene ring substituents is 1. The quantitative estimate of drug-likeness (QED) is 0.561. The van der Waals surface area contributed by atoms with Crippen molar-refractivity contribution in [1.29, 1.82) is 5.26 Å². The van der Waals surface area contributed by atoms with E-state index in [-0.39, 0.29) is 17.2 Å². The number of aromatic nitrogens is 1. The van der Waals surface area contributed by atoms with E-state index in [9.17, 15) is 20.2 Å². The summed E-state index contributed by atoms with van der Waals surface area (Å²) >= 11 is 0. The Morgan fingerprint density at radius 2 is 1.78 bits per heavy atom. The number of hydrogen-bond donors (Lipinski definition) is 1. The van der Waals surface area contributed by atoms with Gasteiger partial charge in [0, 0.05) is 29.3 Å². The van der Waals surface area contributed by atoms with Crippen LogP contribution in [0.2, 0.25) is 0 Å². The van der Waals surface area contributed by atoms with Crippen molar-refractivity contribution >= 4 is 5.69 Å². The maximum absolute atomic E-state index is 12.4. The van der Waals surface area contributed by atoms with Gasteiger partial charge in [-0.3, -0.25) is 14.9 Å². The maximum atomic E-state index is 12.4. The van der Waals surface area contributed by atoms with Crippen LogP contribution < -0.4 is 5.56 Å². The third-order valence-corrected chi connectivity index (χ3v) is 4.97. The van der Waals surface area contributed by atoms with Gasteiger partial charge < -0.3 is 4.98 Å². The van der Waals surface area contributed by atoms with Gasteiger partial charge in [-0.2, -0.15) is 5.26 Å². The van der Waals surface area contributed by atoms with Crippen molar-refractivity contribution in [3.63, 3.8) is 0 Å². The zero-order valence-electron chi connectivity index (χ0n) is 14.3. The Kier molecular flexibility index (Phi) is 4.05. The van der Waals surface area contributed by atoms with Crippen LogP contribution in [0.1, 0.15) is 35.1 Å². The lowest BCUT2D eigenvalue weighted by Crippen LogP contribution is -2.14. The van der Waals surface area contributed by atoms with Gasteiger partial charge in [-0.15, -0.1) is 0 Å². The molecule has 1 N–H and O–H groups in total. The van der Waals surface area contributed by atoms with E-state index >= 15 is 0 Å². The van der Waals surface area contributed by atoms with Crippen LogP contribution in [0.15, 0.2) is 65.5 Å². The molecule has 27 heavy (non-hydrogen) atoms.